The fraction of sp³-hybridized carbons (Fsp3) is 0.400. The first-order chi connectivity index (χ1) is 10.4. The minimum absolute atomic E-state index is 0.108. The summed E-state index contributed by atoms with van der Waals surface area (Å²) < 4.78 is 5.24. The van der Waals surface area contributed by atoms with Crippen molar-refractivity contribution in [1.82, 2.24) is 5.32 Å². The van der Waals surface area contributed by atoms with Crippen molar-refractivity contribution in [2.45, 2.75) is 26.3 Å². The number of carbonyl (C=O) groups excluding carboxylic acids is 2. The molecule has 1 aliphatic rings. The molecule has 7 nitrogen and oxygen atoms in total. The number of hydrogen-bond acceptors (Lipinski definition) is 4. The van der Waals surface area contributed by atoms with Gasteiger partial charge in [0.2, 0.25) is 0 Å². The molecule has 1 heterocycles. The van der Waals surface area contributed by atoms with Crippen molar-refractivity contribution in [2.24, 2.45) is 5.92 Å². The summed E-state index contributed by atoms with van der Waals surface area (Å²) in [6.45, 7) is 3.66. The van der Waals surface area contributed by atoms with Crippen LogP contribution in [0.2, 0.25) is 0 Å². The second-order valence-electron chi connectivity index (χ2n) is 5.54. The Morgan fingerprint density at radius 2 is 2.14 bits per heavy atom. The van der Waals surface area contributed by atoms with Crippen molar-refractivity contribution >= 4 is 23.5 Å². The average molecular weight is 306 g/mol. The lowest BCUT2D eigenvalue weighted by Crippen LogP contribution is -2.41. The third kappa shape index (κ3) is 3.75. The molecule has 3 N–H and O–H groups in total. The van der Waals surface area contributed by atoms with Crippen molar-refractivity contribution in [1.29, 1.82) is 0 Å². The number of carbonyl (C=O) groups is 3. The number of aliphatic carboxylic acids is 1. The minimum atomic E-state index is -1.07. The van der Waals surface area contributed by atoms with Crippen LogP contribution in [-0.4, -0.2) is 35.5 Å². The van der Waals surface area contributed by atoms with E-state index in [0.29, 0.717) is 17.9 Å². The molecule has 1 aliphatic heterocycles. The van der Waals surface area contributed by atoms with Gasteiger partial charge in [-0.1, -0.05) is 13.8 Å². The van der Waals surface area contributed by atoms with Gasteiger partial charge >= 0.3 is 5.97 Å². The molecular formula is C15H18N2O5. The van der Waals surface area contributed by atoms with Gasteiger partial charge in [0.25, 0.3) is 11.8 Å². The molecule has 0 aromatic heterocycles. The highest BCUT2D eigenvalue weighted by molar-refractivity contribution is 6.00. The highest BCUT2D eigenvalue weighted by Gasteiger charge is 2.23. The van der Waals surface area contributed by atoms with Crippen molar-refractivity contribution < 1.29 is 24.2 Å². The van der Waals surface area contributed by atoms with Gasteiger partial charge in [-0.3, -0.25) is 9.59 Å². The molecule has 0 bridgehead atoms. The molecule has 0 unspecified atom stereocenters. The van der Waals surface area contributed by atoms with Gasteiger partial charge in [0, 0.05) is 5.56 Å². The molecule has 7 heteroatoms. The molecule has 22 heavy (non-hydrogen) atoms. The fourth-order valence-electron chi connectivity index (χ4n) is 2.15. The Labute approximate surface area is 127 Å². The number of benzene rings is 1. The quantitative estimate of drug-likeness (QED) is 0.759. The van der Waals surface area contributed by atoms with E-state index in [-0.39, 0.29) is 24.0 Å². The molecule has 1 aromatic carbocycles. The molecule has 2 rings (SSSR count). The van der Waals surface area contributed by atoms with E-state index < -0.39 is 17.9 Å². The normalized spacial score (nSPS) is 14.6. The molecule has 0 fully saturated rings. The lowest BCUT2D eigenvalue weighted by molar-refractivity contribution is -0.139. The number of fused-ring (bicyclic) bond motifs is 1. The minimum Gasteiger partial charge on any atom is -0.482 e. The summed E-state index contributed by atoms with van der Waals surface area (Å²) in [5.41, 5.74) is 0.773. The predicted octanol–water partition coefficient (Wildman–Crippen LogP) is 1.25. The SMILES string of the molecule is CC(C)C[C@H](NC(=O)c1ccc2c(c1)OCC(=O)N2)C(=O)O. The van der Waals surface area contributed by atoms with Crippen LogP contribution in [0.15, 0.2) is 18.2 Å². The van der Waals surface area contributed by atoms with Crippen LogP contribution in [0, 0.1) is 5.92 Å². The predicted molar refractivity (Wildman–Crippen MR) is 78.9 cm³/mol. The number of ether oxygens (including phenoxy) is 1. The Morgan fingerprint density at radius 1 is 1.41 bits per heavy atom. The number of nitrogens with one attached hydrogen (secondary N) is 2. The van der Waals surface area contributed by atoms with E-state index in [2.05, 4.69) is 10.6 Å². The Hall–Kier alpha value is -2.57. The molecule has 2 amide bonds. The van der Waals surface area contributed by atoms with Crippen LogP contribution in [-0.2, 0) is 9.59 Å². The second kappa shape index (κ2) is 6.46. The summed E-state index contributed by atoms with van der Waals surface area (Å²) in [6.07, 6.45) is 0.346. The van der Waals surface area contributed by atoms with Crippen LogP contribution in [0.4, 0.5) is 5.69 Å². The summed E-state index contributed by atoms with van der Waals surface area (Å²) in [5.74, 6) is -1.28. The van der Waals surface area contributed by atoms with E-state index in [4.69, 9.17) is 9.84 Å². The monoisotopic (exact) mass is 306 g/mol. The van der Waals surface area contributed by atoms with Gasteiger partial charge in [-0.2, -0.15) is 0 Å². The summed E-state index contributed by atoms with van der Waals surface area (Å²) in [5, 5.41) is 14.3. The highest BCUT2D eigenvalue weighted by Crippen LogP contribution is 2.28. The van der Waals surface area contributed by atoms with Crippen LogP contribution in [0.25, 0.3) is 0 Å². The van der Waals surface area contributed by atoms with E-state index in [1.807, 2.05) is 13.8 Å². The molecular weight excluding hydrogens is 288 g/mol. The Morgan fingerprint density at radius 3 is 2.77 bits per heavy atom. The zero-order valence-corrected chi connectivity index (χ0v) is 12.4. The maximum absolute atomic E-state index is 12.2. The molecule has 1 atom stereocenters. The lowest BCUT2D eigenvalue weighted by Gasteiger charge is -2.19. The molecule has 0 saturated heterocycles. The maximum atomic E-state index is 12.2. The second-order valence-corrected chi connectivity index (χ2v) is 5.54. The van der Waals surface area contributed by atoms with Crippen LogP contribution in [0.1, 0.15) is 30.6 Å². The fourth-order valence-corrected chi connectivity index (χ4v) is 2.15. The number of rotatable bonds is 5. The van der Waals surface area contributed by atoms with Crippen molar-refractivity contribution in [3.8, 4) is 5.75 Å². The van der Waals surface area contributed by atoms with E-state index >= 15 is 0 Å². The van der Waals surface area contributed by atoms with E-state index in [0.717, 1.165) is 0 Å². The van der Waals surface area contributed by atoms with Crippen LogP contribution >= 0.6 is 0 Å². The van der Waals surface area contributed by atoms with Crippen LogP contribution in [0.3, 0.4) is 0 Å². The number of anilines is 1. The molecule has 0 saturated carbocycles. The highest BCUT2D eigenvalue weighted by atomic mass is 16.5. The van der Waals surface area contributed by atoms with Gasteiger partial charge in [0.15, 0.2) is 6.61 Å². The number of carboxylic acids is 1. The van der Waals surface area contributed by atoms with Crippen molar-refractivity contribution in [2.75, 3.05) is 11.9 Å². The van der Waals surface area contributed by atoms with Crippen molar-refractivity contribution in [3.05, 3.63) is 23.8 Å². The Kier molecular flexibility index (Phi) is 4.65. The standard InChI is InChI=1S/C15H18N2O5/c1-8(2)5-11(15(20)21)17-14(19)9-3-4-10-12(6-9)22-7-13(18)16-10/h3-4,6,8,11H,5,7H2,1-2H3,(H,16,18)(H,17,19)(H,20,21)/t11-/m0/s1. The van der Waals surface area contributed by atoms with Gasteiger partial charge in [-0.05, 0) is 30.5 Å². The van der Waals surface area contributed by atoms with Crippen LogP contribution < -0.4 is 15.4 Å². The third-order valence-corrected chi connectivity index (χ3v) is 3.19. The smallest absolute Gasteiger partial charge is 0.326 e. The van der Waals surface area contributed by atoms with Crippen molar-refractivity contribution in [3.63, 3.8) is 0 Å². The van der Waals surface area contributed by atoms with E-state index in [1.165, 1.54) is 12.1 Å². The number of carboxylic acid groups (broad SMARTS) is 1. The first kappa shape index (κ1) is 15.8. The lowest BCUT2D eigenvalue weighted by atomic mass is 10.0. The molecule has 0 aliphatic carbocycles. The first-order valence-electron chi connectivity index (χ1n) is 6.97. The van der Waals surface area contributed by atoms with Gasteiger partial charge in [0.1, 0.15) is 11.8 Å². The molecule has 1 aromatic rings. The van der Waals surface area contributed by atoms with Gasteiger partial charge < -0.3 is 20.5 Å². The maximum Gasteiger partial charge on any atom is 0.326 e. The first-order valence-corrected chi connectivity index (χ1v) is 6.97. The van der Waals surface area contributed by atoms with Gasteiger partial charge in [0.05, 0.1) is 5.69 Å². The molecule has 118 valence electrons. The summed E-state index contributed by atoms with van der Waals surface area (Å²) in [4.78, 5) is 34.5. The third-order valence-electron chi connectivity index (χ3n) is 3.19. The van der Waals surface area contributed by atoms with E-state index in [9.17, 15) is 14.4 Å². The largest absolute Gasteiger partial charge is 0.482 e. The van der Waals surface area contributed by atoms with Crippen LogP contribution in [0.5, 0.6) is 5.75 Å². The van der Waals surface area contributed by atoms with Gasteiger partial charge in [-0.25, -0.2) is 4.79 Å². The number of hydrogen-bond donors (Lipinski definition) is 3. The summed E-state index contributed by atoms with van der Waals surface area (Å²) in [6, 6.07) is 3.61. The zero-order valence-electron chi connectivity index (χ0n) is 12.4. The topological polar surface area (TPSA) is 105 Å². The Balaban J connectivity index is 2.12. The number of amides is 2. The Bertz CT molecular complexity index is 612. The summed E-state index contributed by atoms with van der Waals surface area (Å²) >= 11 is 0. The molecule has 0 spiro atoms. The van der Waals surface area contributed by atoms with Gasteiger partial charge in [-0.15, -0.1) is 0 Å². The molecule has 0 radical (unpaired) electrons. The zero-order chi connectivity index (χ0) is 16.3. The average Bonchev–Trinajstić information content (AvgIpc) is 2.45. The summed E-state index contributed by atoms with van der Waals surface area (Å²) in [7, 11) is 0. The van der Waals surface area contributed by atoms with E-state index in [1.54, 1.807) is 6.07 Å².